The van der Waals surface area contributed by atoms with Gasteiger partial charge in [0.05, 0.1) is 16.7 Å². The molecule has 8 heteroatoms. The number of nitrogens with zero attached hydrogens (tertiary/aromatic N) is 3. The Kier molecular flexibility index (Phi) is 4.20. The van der Waals surface area contributed by atoms with Crippen LogP contribution in [0.3, 0.4) is 0 Å². The van der Waals surface area contributed by atoms with Gasteiger partial charge < -0.3 is 10.1 Å². The number of carbonyl (C=O) groups is 1. The zero-order valence-corrected chi connectivity index (χ0v) is 13.8. The molecule has 126 valence electrons. The standard InChI is InChI=1S/C16H18ClN5O2/c17-12-8-18-6-5-11(12)16(23)19-7-10-3-4-13(24-10)15-20-14(21-22-15)9-1-2-9/h5-6,8-10,13H,1-4,7H2,(H,19,23)(H,20,21,22)/t10-,13+/m1/s1. The van der Waals surface area contributed by atoms with Gasteiger partial charge in [0.1, 0.15) is 6.10 Å². The van der Waals surface area contributed by atoms with Crippen LogP contribution >= 0.6 is 11.6 Å². The second-order valence-corrected chi connectivity index (χ2v) is 6.65. The van der Waals surface area contributed by atoms with Crippen molar-refractivity contribution in [1.29, 1.82) is 0 Å². The molecule has 0 aromatic carbocycles. The molecule has 1 aliphatic carbocycles. The van der Waals surface area contributed by atoms with E-state index >= 15 is 0 Å². The normalized spacial score (nSPS) is 23.4. The van der Waals surface area contributed by atoms with Gasteiger partial charge in [0.2, 0.25) is 0 Å². The Balaban J connectivity index is 1.30. The number of carbonyl (C=O) groups excluding carboxylic acids is 1. The molecule has 0 spiro atoms. The van der Waals surface area contributed by atoms with Gasteiger partial charge in [-0.15, -0.1) is 0 Å². The second kappa shape index (κ2) is 6.49. The molecule has 1 aliphatic heterocycles. The fourth-order valence-electron chi connectivity index (χ4n) is 2.87. The molecule has 0 unspecified atom stereocenters. The Morgan fingerprint density at radius 2 is 2.25 bits per heavy atom. The molecule has 2 aromatic rings. The van der Waals surface area contributed by atoms with Crippen LogP contribution in [0.4, 0.5) is 0 Å². The quantitative estimate of drug-likeness (QED) is 0.866. The average Bonchev–Trinajstić information content (AvgIpc) is 3.13. The second-order valence-electron chi connectivity index (χ2n) is 6.24. The predicted molar refractivity (Wildman–Crippen MR) is 86.8 cm³/mol. The molecule has 1 saturated heterocycles. The van der Waals surface area contributed by atoms with Crippen LogP contribution in [0, 0.1) is 0 Å². The predicted octanol–water partition coefficient (Wildman–Crippen LogP) is 2.38. The largest absolute Gasteiger partial charge is 0.365 e. The molecule has 0 radical (unpaired) electrons. The molecular formula is C16H18ClN5O2. The smallest absolute Gasteiger partial charge is 0.252 e. The number of nitrogens with one attached hydrogen (secondary N) is 2. The van der Waals surface area contributed by atoms with Crippen LogP contribution in [-0.2, 0) is 4.74 Å². The van der Waals surface area contributed by atoms with Gasteiger partial charge in [-0.05, 0) is 31.7 Å². The molecule has 0 bridgehead atoms. The Bertz CT molecular complexity index is 746. The zero-order chi connectivity index (χ0) is 16.5. The van der Waals surface area contributed by atoms with Crippen molar-refractivity contribution in [1.82, 2.24) is 25.5 Å². The number of amides is 1. The van der Waals surface area contributed by atoms with Gasteiger partial charge in [0.25, 0.3) is 5.91 Å². The van der Waals surface area contributed by atoms with E-state index in [1.54, 1.807) is 12.3 Å². The number of aromatic nitrogens is 4. The van der Waals surface area contributed by atoms with Crippen molar-refractivity contribution in [2.75, 3.05) is 6.54 Å². The van der Waals surface area contributed by atoms with E-state index in [9.17, 15) is 4.79 Å². The number of pyridine rings is 1. The molecular weight excluding hydrogens is 330 g/mol. The van der Waals surface area contributed by atoms with Crippen molar-refractivity contribution >= 4 is 17.5 Å². The minimum absolute atomic E-state index is 0.0333. The minimum Gasteiger partial charge on any atom is -0.365 e. The lowest BCUT2D eigenvalue weighted by molar-refractivity contribution is 0.0392. The van der Waals surface area contributed by atoms with E-state index in [4.69, 9.17) is 16.3 Å². The molecule has 24 heavy (non-hydrogen) atoms. The maximum absolute atomic E-state index is 12.2. The maximum atomic E-state index is 12.2. The van der Waals surface area contributed by atoms with E-state index in [1.165, 1.54) is 19.0 Å². The highest BCUT2D eigenvalue weighted by molar-refractivity contribution is 6.33. The van der Waals surface area contributed by atoms with Crippen molar-refractivity contribution in [2.24, 2.45) is 0 Å². The van der Waals surface area contributed by atoms with Crippen molar-refractivity contribution in [3.63, 3.8) is 0 Å². The van der Waals surface area contributed by atoms with Crippen LogP contribution in [0.15, 0.2) is 18.5 Å². The third kappa shape index (κ3) is 3.27. The lowest BCUT2D eigenvalue weighted by atomic mass is 10.2. The molecule has 2 fully saturated rings. The number of hydrogen-bond donors (Lipinski definition) is 2. The minimum atomic E-state index is -0.217. The molecule has 2 atom stereocenters. The SMILES string of the molecule is O=C(NC[C@H]1CC[C@@H](c2nc(C3CC3)n[nH]2)O1)c1ccncc1Cl. The number of rotatable bonds is 5. The molecule has 1 amide bonds. The lowest BCUT2D eigenvalue weighted by Gasteiger charge is -2.13. The summed E-state index contributed by atoms with van der Waals surface area (Å²) in [4.78, 5) is 20.6. The first-order valence-electron chi connectivity index (χ1n) is 8.16. The van der Waals surface area contributed by atoms with Gasteiger partial charge in [-0.3, -0.25) is 14.9 Å². The number of ether oxygens (including phenoxy) is 1. The van der Waals surface area contributed by atoms with Gasteiger partial charge in [-0.2, -0.15) is 5.10 Å². The summed E-state index contributed by atoms with van der Waals surface area (Å²) in [5.41, 5.74) is 0.422. The third-order valence-corrected chi connectivity index (χ3v) is 4.68. The Morgan fingerprint density at radius 1 is 1.38 bits per heavy atom. The molecule has 4 rings (SSSR count). The summed E-state index contributed by atoms with van der Waals surface area (Å²) in [5.74, 6) is 2.00. The van der Waals surface area contributed by atoms with Crippen molar-refractivity contribution in [2.45, 2.75) is 43.8 Å². The van der Waals surface area contributed by atoms with E-state index in [2.05, 4.69) is 25.5 Å². The third-order valence-electron chi connectivity index (χ3n) is 4.38. The van der Waals surface area contributed by atoms with Crippen LogP contribution in [-0.4, -0.2) is 38.7 Å². The highest BCUT2D eigenvalue weighted by Gasteiger charge is 2.32. The summed E-state index contributed by atoms with van der Waals surface area (Å²) < 4.78 is 5.98. The van der Waals surface area contributed by atoms with Gasteiger partial charge in [0.15, 0.2) is 11.6 Å². The highest BCUT2D eigenvalue weighted by Crippen LogP contribution is 2.39. The highest BCUT2D eigenvalue weighted by atomic mass is 35.5. The van der Waals surface area contributed by atoms with Gasteiger partial charge in [-0.25, -0.2) is 4.98 Å². The summed E-state index contributed by atoms with van der Waals surface area (Å²) in [5, 5.41) is 10.5. The summed E-state index contributed by atoms with van der Waals surface area (Å²) >= 11 is 5.98. The number of hydrogen-bond acceptors (Lipinski definition) is 5. The van der Waals surface area contributed by atoms with Crippen LogP contribution in [0.25, 0.3) is 0 Å². The molecule has 2 aromatic heterocycles. The average molecular weight is 348 g/mol. The fraction of sp³-hybridized carbons (Fsp3) is 0.500. The Labute approximate surface area is 144 Å². The topological polar surface area (TPSA) is 92.8 Å². The van der Waals surface area contributed by atoms with E-state index in [0.29, 0.717) is 23.0 Å². The van der Waals surface area contributed by atoms with Crippen molar-refractivity contribution in [3.8, 4) is 0 Å². The van der Waals surface area contributed by atoms with Gasteiger partial charge in [-0.1, -0.05) is 11.6 Å². The lowest BCUT2D eigenvalue weighted by Crippen LogP contribution is -2.32. The summed E-state index contributed by atoms with van der Waals surface area (Å²) in [7, 11) is 0. The van der Waals surface area contributed by atoms with E-state index in [1.807, 2.05) is 0 Å². The van der Waals surface area contributed by atoms with Crippen molar-refractivity contribution < 1.29 is 9.53 Å². The van der Waals surface area contributed by atoms with E-state index < -0.39 is 0 Å². The number of halogens is 1. The molecule has 2 aliphatic rings. The van der Waals surface area contributed by atoms with E-state index in [0.717, 1.165) is 24.5 Å². The zero-order valence-electron chi connectivity index (χ0n) is 13.0. The summed E-state index contributed by atoms with van der Waals surface area (Å²) in [6.45, 7) is 0.442. The molecule has 7 nitrogen and oxygen atoms in total. The van der Waals surface area contributed by atoms with E-state index in [-0.39, 0.29) is 18.1 Å². The number of aromatic amines is 1. The molecule has 1 saturated carbocycles. The van der Waals surface area contributed by atoms with Crippen LogP contribution in [0.2, 0.25) is 5.02 Å². The molecule has 3 heterocycles. The van der Waals surface area contributed by atoms with Crippen LogP contribution < -0.4 is 5.32 Å². The fourth-order valence-corrected chi connectivity index (χ4v) is 3.08. The maximum Gasteiger partial charge on any atom is 0.252 e. The summed E-state index contributed by atoms with van der Waals surface area (Å²) in [6, 6.07) is 1.60. The first-order chi connectivity index (χ1) is 11.7. The Hall–Kier alpha value is -1.99. The number of H-pyrrole nitrogens is 1. The van der Waals surface area contributed by atoms with Gasteiger partial charge >= 0.3 is 0 Å². The van der Waals surface area contributed by atoms with Crippen LogP contribution in [0.5, 0.6) is 0 Å². The monoisotopic (exact) mass is 347 g/mol. The molecule has 2 N–H and O–H groups in total. The Morgan fingerprint density at radius 3 is 3.04 bits per heavy atom. The first-order valence-corrected chi connectivity index (χ1v) is 8.54. The summed E-state index contributed by atoms with van der Waals surface area (Å²) in [6.07, 6.45) is 6.99. The van der Waals surface area contributed by atoms with Gasteiger partial charge in [0, 0.05) is 24.9 Å². The van der Waals surface area contributed by atoms with Crippen molar-refractivity contribution in [3.05, 3.63) is 40.7 Å². The first kappa shape index (κ1) is 15.5. The van der Waals surface area contributed by atoms with Crippen LogP contribution in [0.1, 0.15) is 59.7 Å².